The molecule has 0 nitrogen and oxygen atoms in total. The van der Waals surface area contributed by atoms with Crippen LogP contribution in [0.15, 0.2) is 146 Å². The smallest absolute Gasteiger partial charge is 0.166 e. The summed E-state index contributed by atoms with van der Waals surface area (Å²) in [7, 11) is 0. The van der Waals surface area contributed by atoms with Gasteiger partial charge >= 0.3 is 12.4 Å². The molecule has 0 N–H and O–H groups in total. The van der Waals surface area contributed by atoms with Gasteiger partial charge in [0.1, 0.15) is 0 Å². The van der Waals surface area contributed by atoms with E-state index < -0.39 is 34.6 Å². The van der Waals surface area contributed by atoms with Gasteiger partial charge in [0, 0.05) is 11.1 Å². The summed E-state index contributed by atoms with van der Waals surface area (Å²) in [6, 6.07) is 38.9. The van der Waals surface area contributed by atoms with Crippen LogP contribution in [0, 0.1) is 0 Å². The van der Waals surface area contributed by atoms with Crippen LogP contribution in [-0.2, 0) is 12.4 Å². The van der Waals surface area contributed by atoms with E-state index in [2.05, 4.69) is 0 Å². The van der Waals surface area contributed by atoms with E-state index in [-0.39, 0.29) is 11.1 Å². The van der Waals surface area contributed by atoms with Gasteiger partial charge in [-0.2, -0.15) is 26.3 Å². The fourth-order valence-electron chi connectivity index (χ4n) is 5.74. The Morgan fingerprint density at radius 2 is 0.568 bits per heavy atom. The Bertz CT molecular complexity index is 1780. The minimum atomic E-state index is -4.94. The van der Waals surface area contributed by atoms with Crippen molar-refractivity contribution in [3.8, 4) is 55.6 Å². The Balaban J connectivity index is 1.76. The van der Waals surface area contributed by atoms with Crippen molar-refractivity contribution in [1.82, 2.24) is 0 Å². The highest BCUT2D eigenvalue weighted by Gasteiger charge is 2.41. The molecule has 0 spiro atoms. The van der Waals surface area contributed by atoms with E-state index in [4.69, 9.17) is 0 Å². The summed E-state index contributed by atoms with van der Waals surface area (Å²) >= 11 is 0. The average molecular weight is 595 g/mol. The molecule has 44 heavy (non-hydrogen) atoms. The van der Waals surface area contributed by atoms with Gasteiger partial charge in [-0.25, -0.2) is 0 Å². The van der Waals surface area contributed by atoms with Gasteiger partial charge in [0.25, 0.3) is 0 Å². The van der Waals surface area contributed by atoms with E-state index in [1.165, 1.54) is 24.3 Å². The lowest BCUT2D eigenvalue weighted by Gasteiger charge is -2.25. The van der Waals surface area contributed by atoms with Gasteiger partial charge in [-0.1, -0.05) is 133 Å². The second kappa shape index (κ2) is 11.5. The van der Waals surface area contributed by atoms with Crippen molar-refractivity contribution in [2.75, 3.05) is 0 Å². The molecule has 0 bridgehead atoms. The third kappa shape index (κ3) is 5.51. The van der Waals surface area contributed by atoms with Crippen LogP contribution >= 0.6 is 0 Å². The van der Waals surface area contributed by atoms with Crippen molar-refractivity contribution >= 4 is 0 Å². The topological polar surface area (TPSA) is 0 Å². The first-order valence-electron chi connectivity index (χ1n) is 13.8. The van der Waals surface area contributed by atoms with Crippen molar-refractivity contribution in [2.24, 2.45) is 0 Å². The lowest BCUT2D eigenvalue weighted by Crippen LogP contribution is -2.13. The molecule has 0 fully saturated rings. The van der Waals surface area contributed by atoms with Gasteiger partial charge in [-0.05, 0) is 56.6 Å². The molecule has 6 aromatic rings. The van der Waals surface area contributed by atoms with Crippen molar-refractivity contribution in [2.45, 2.75) is 12.4 Å². The van der Waals surface area contributed by atoms with Crippen molar-refractivity contribution < 1.29 is 26.3 Å². The second-order valence-electron chi connectivity index (χ2n) is 10.3. The summed E-state index contributed by atoms with van der Waals surface area (Å²) in [5, 5.41) is 0. The number of rotatable bonds is 5. The van der Waals surface area contributed by atoms with E-state index in [1.807, 2.05) is 36.4 Å². The van der Waals surface area contributed by atoms with Crippen LogP contribution in [0.3, 0.4) is 0 Å². The molecular formula is C38H24F6. The Kier molecular flexibility index (Phi) is 7.60. The van der Waals surface area contributed by atoms with Crippen LogP contribution in [-0.4, -0.2) is 0 Å². The molecule has 0 aliphatic carbocycles. The summed E-state index contributed by atoms with van der Waals surface area (Å²) in [6.45, 7) is 0. The zero-order valence-corrected chi connectivity index (χ0v) is 23.1. The molecule has 6 heteroatoms. The third-order valence-corrected chi connectivity index (χ3v) is 7.59. The maximum atomic E-state index is 14.9. The molecule has 6 aromatic carbocycles. The summed E-state index contributed by atoms with van der Waals surface area (Å²) in [6.07, 6.45) is -9.88. The second-order valence-corrected chi connectivity index (χ2v) is 10.3. The molecule has 0 amide bonds. The quantitative estimate of drug-likeness (QED) is 0.174. The van der Waals surface area contributed by atoms with E-state index in [1.54, 1.807) is 72.8 Å². The minimum Gasteiger partial charge on any atom is -0.166 e. The predicted octanol–water partition coefficient (Wildman–Crippen LogP) is 12.1. The van der Waals surface area contributed by atoms with Gasteiger partial charge in [0.15, 0.2) is 0 Å². The molecule has 0 atom stereocenters. The fraction of sp³-hybridized carbons (Fsp3) is 0.0526. The van der Waals surface area contributed by atoms with Crippen LogP contribution in [0.1, 0.15) is 11.1 Å². The Morgan fingerprint density at radius 1 is 0.273 bits per heavy atom. The first-order chi connectivity index (χ1) is 21.1. The van der Waals surface area contributed by atoms with E-state index in [0.717, 1.165) is 23.3 Å². The van der Waals surface area contributed by atoms with Gasteiger partial charge in [-0.3, -0.25) is 0 Å². The SMILES string of the molecule is FC(F)(F)c1cccc(-c2ccccc2-c2ccccc2)c1-c1c(-c2ccccc2-c2ccccc2)cccc1C(F)(F)F. The van der Waals surface area contributed by atoms with Crippen molar-refractivity contribution in [3.05, 3.63) is 157 Å². The van der Waals surface area contributed by atoms with Gasteiger partial charge in [0.05, 0.1) is 11.1 Å². The van der Waals surface area contributed by atoms with Gasteiger partial charge < -0.3 is 0 Å². The largest absolute Gasteiger partial charge is 0.417 e. The van der Waals surface area contributed by atoms with Crippen LogP contribution in [0.2, 0.25) is 0 Å². The van der Waals surface area contributed by atoms with Gasteiger partial charge in [-0.15, -0.1) is 0 Å². The molecule has 0 unspecified atom stereocenters. The highest BCUT2D eigenvalue weighted by atomic mass is 19.4. The maximum Gasteiger partial charge on any atom is 0.417 e. The standard InChI is InChI=1S/C38H24F6/c39-37(40,41)33-23-11-21-31(29-19-9-7-17-27(29)25-13-3-1-4-14-25)35(33)36-32(22-12-24-34(36)38(42,43)44)30-20-10-8-18-28(30)26-15-5-2-6-16-26/h1-24H. The first-order valence-corrected chi connectivity index (χ1v) is 13.8. The number of benzene rings is 6. The molecule has 0 aromatic heterocycles. The number of halogens is 6. The zero-order valence-electron chi connectivity index (χ0n) is 23.1. The van der Waals surface area contributed by atoms with Crippen molar-refractivity contribution in [3.63, 3.8) is 0 Å². The van der Waals surface area contributed by atoms with Crippen LogP contribution < -0.4 is 0 Å². The molecule has 218 valence electrons. The third-order valence-electron chi connectivity index (χ3n) is 7.59. The zero-order chi connectivity index (χ0) is 30.9. The summed E-state index contributed by atoms with van der Waals surface area (Å²) in [4.78, 5) is 0. The average Bonchev–Trinajstić information content (AvgIpc) is 3.04. The lowest BCUT2D eigenvalue weighted by atomic mass is 9.81. The molecule has 0 heterocycles. The molecule has 0 aliphatic rings. The molecule has 0 saturated carbocycles. The normalized spacial score (nSPS) is 11.9. The van der Waals surface area contributed by atoms with E-state index in [9.17, 15) is 26.3 Å². The maximum absolute atomic E-state index is 14.9. The molecule has 0 saturated heterocycles. The monoisotopic (exact) mass is 594 g/mol. The summed E-state index contributed by atoms with van der Waals surface area (Å²) in [5.41, 5.74) is 0.204. The molecule has 0 radical (unpaired) electrons. The molecule has 6 rings (SSSR count). The van der Waals surface area contributed by atoms with E-state index in [0.29, 0.717) is 22.3 Å². The minimum absolute atomic E-state index is 0.0504. The molecule has 0 aliphatic heterocycles. The number of alkyl halides is 6. The summed E-state index contributed by atoms with van der Waals surface area (Å²) in [5.74, 6) is 0. The molecular weight excluding hydrogens is 570 g/mol. The highest BCUT2D eigenvalue weighted by molar-refractivity contribution is 6.00. The predicted molar refractivity (Wildman–Crippen MR) is 164 cm³/mol. The lowest BCUT2D eigenvalue weighted by molar-refractivity contribution is -0.139. The van der Waals surface area contributed by atoms with Crippen LogP contribution in [0.4, 0.5) is 26.3 Å². The first kappa shape index (κ1) is 29.0. The number of hydrogen-bond acceptors (Lipinski definition) is 0. The number of hydrogen-bond donors (Lipinski definition) is 0. The fourth-order valence-corrected chi connectivity index (χ4v) is 5.74. The Morgan fingerprint density at radius 3 is 0.909 bits per heavy atom. The Hall–Kier alpha value is -5.10. The van der Waals surface area contributed by atoms with E-state index >= 15 is 0 Å². The highest BCUT2D eigenvalue weighted by Crippen LogP contribution is 2.52. The van der Waals surface area contributed by atoms with Gasteiger partial charge in [0.2, 0.25) is 0 Å². The summed E-state index contributed by atoms with van der Waals surface area (Å²) < 4.78 is 89.3. The van der Waals surface area contributed by atoms with Crippen LogP contribution in [0.25, 0.3) is 55.6 Å². The van der Waals surface area contributed by atoms with Crippen molar-refractivity contribution in [1.29, 1.82) is 0 Å². The van der Waals surface area contributed by atoms with Crippen LogP contribution in [0.5, 0.6) is 0 Å². The Labute approximate surface area is 250 Å².